The molecule has 0 radical (unpaired) electrons. The quantitative estimate of drug-likeness (QED) is 0.710. The van der Waals surface area contributed by atoms with Crippen molar-refractivity contribution in [1.29, 1.82) is 0 Å². The standard InChI is InChI=1S/C14H13Br2NO2/c1-8(9-5-10(18)7-11(19)6-9)17-14-12(15)3-2-4-13(14)16/h2-8,17-19H,1H3. The van der Waals surface area contributed by atoms with Crippen LogP contribution in [0.2, 0.25) is 0 Å². The zero-order valence-corrected chi connectivity index (χ0v) is 13.4. The Hall–Kier alpha value is -1.20. The fourth-order valence-corrected chi connectivity index (χ4v) is 3.03. The summed E-state index contributed by atoms with van der Waals surface area (Å²) >= 11 is 6.97. The summed E-state index contributed by atoms with van der Waals surface area (Å²) in [6.45, 7) is 1.96. The number of nitrogens with one attached hydrogen (secondary N) is 1. The second-order valence-corrected chi connectivity index (χ2v) is 5.95. The van der Waals surface area contributed by atoms with Gasteiger partial charge in [0, 0.05) is 21.1 Å². The molecule has 1 unspecified atom stereocenters. The summed E-state index contributed by atoms with van der Waals surface area (Å²) in [4.78, 5) is 0. The zero-order valence-electron chi connectivity index (χ0n) is 10.2. The van der Waals surface area contributed by atoms with E-state index in [2.05, 4.69) is 37.2 Å². The molecular formula is C14H13Br2NO2. The normalized spacial score (nSPS) is 12.2. The largest absolute Gasteiger partial charge is 0.508 e. The molecule has 19 heavy (non-hydrogen) atoms. The third kappa shape index (κ3) is 3.42. The lowest BCUT2D eigenvalue weighted by molar-refractivity contribution is 0.448. The topological polar surface area (TPSA) is 52.5 Å². The number of phenols is 2. The van der Waals surface area contributed by atoms with Gasteiger partial charge in [0.05, 0.1) is 5.69 Å². The Bertz CT molecular complexity index is 561. The maximum atomic E-state index is 9.51. The molecule has 0 amide bonds. The molecule has 2 aromatic rings. The van der Waals surface area contributed by atoms with Crippen LogP contribution in [-0.4, -0.2) is 10.2 Å². The van der Waals surface area contributed by atoms with Gasteiger partial charge in [0.1, 0.15) is 11.5 Å². The van der Waals surface area contributed by atoms with Crippen LogP contribution in [0.5, 0.6) is 11.5 Å². The van der Waals surface area contributed by atoms with E-state index in [1.165, 1.54) is 6.07 Å². The van der Waals surface area contributed by atoms with E-state index < -0.39 is 0 Å². The Morgan fingerprint density at radius 1 is 1.00 bits per heavy atom. The average Bonchev–Trinajstić information content (AvgIpc) is 2.32. The molecule has 0 aliphatic heterocycles. The summed E-state index contributed by atoms with van der Waals surface area (Å²) in [7, 11) is 0. The Labute approximate surface area is 128 Å². The number of para-hydroxylation sites is 1. The number of benzene rings is 2. The monoisotopic (exact) mass is 385 g/mol. The van der Waals surface area contributed by atoms with Crippen LogP contribution in [0, 0.1) is 0 Å². The van der Waals surface area contributed by atoms with Crippen LogP contribution >= 0.6 is 31.9 Å². The van der Waals surface area contributed by atoms with E-state index in [9.17, 15) is 10.2 Å². The molecule has 0 spiro atoms. The summed E-state index contributed by atoms with van der Waals surface area (Å²) in [5, 5.41) is 22.4. The van der Waals surface area contributed by atoms with Crippen LogP contribution in [0.1, 0.15) is 18.5 Å². The van der Waals surface area contributed by atoms with E-state index in [1.807, 2.05) is 25.1 Å². The van der Waals surface area contributed by atoms with Crippen LogP contribution in [0.25, 0.3) is 0 Å². The van der Waals surface area contributed by atoms with E-state index in [-0.39, 0.29) is 17.5 Å². The molecule has 0 heterocycles. The molecule has 0 bridgehead atoms. The third-order valence-electron chi connectivity index (χ3n) is 2.75. The molecule has 0 saturated heterocycles. The van der Waals surface area contributed by atoms with Crippen LogP contribution < -0.4 is 5.32 Å². The number of anilines is 1. The number of rotatable bonds is 3. The van der Waals surface area contributed by atoms with Crippen molar-refractivity contribution >= 4 is 37.5 Å². The summed E-state index contributed by atoms with van der Waals surface area (Å²) in [6, 6.07) is 10.3. The minimum Gasteiger partial charge on any atom is -0.508 e. The van der Waals surface area contributed by atoms with Crippen LogP contribution in [0.3, 0.4) is 0 Å². The van der Waals surface area contributed by atoms with Crippen molar-refractivity contribution in [2.24, 2.45) is 0 Å². The van der Waals surface area contributed by atoms with Gasteiger partial charge in [-0.05, 0) is 68.6 Å². The van der Waals surface area contributed by atoms with Crippen molar-refractivity contribution in [3.8, 4) is 11.5 Å². The van der Waals surface area contributed by atoms with E-state index >= 15 is 0 Å². The lowest BCUT2D eigenvalue weighted by atomic mass is 10.1. The van der Waals surface area contributed by atoms with Gasteiger partial charge in [-0.25, -0.2) is 0 Å². The van der Waals surface area contributed by atoms with Crippen molar-refractivity contribution in [3.05, 3.63) is 50.9 Å². The Morgan fingerprint density at radius 2 is 1.53 bits per heavy atom. The molecule has 0 aliphatic carbocycles. The van der Waals surface area contributed by atoms with Crippen molar-refractivity contribution in [1.82, 2.24) is 0 Å². The van der Waals surface area contributed by atoms with E-state index in [0.29, 0.717) is 0 Å². The highest BCUT2D eigenvalue weighted by atomic mass is 79.9. The number of hydrogen-bond donors (Lipinski definition) is 3. The number of aromatic hydroxyl groups is 2. The molecule has 1 atom stereocenters. The molecule has 2 rings (SSSR count). The van der Waals surface area contributed by atoms with Gasteiger partial charge < -0.3 is 15.5 Å². The fourth-order valence-electron chi connectivity index (χ4n) is 1.80. The van der Waals surface area contributed by atoms with Crippen LogP contribution in [0.15, 0.2) is 45.3 Å². The lowest BCUT2D eigenvalue weighted by Gasteiger charge is -2.18. The highest BCUT2D eigenvalue weighted by Gasteiger charge is 2.11. The molecule has 100 valence electrons. The average molecular weight is 387 g/mol. The van der Waals surface area contributed by atoms with Gasteiger partial charge in [-0.1, -0.05) is 6.07 Å². The zero-order chi connectivity index (χ0) is 14.0. The maximum Gasteiger partial charge on any atom is 0.119 e. The van der Waals surface area contributed by atoms with E-state index in [1.54, 1.807) is 12.1 Å². The second-order valence-electron chi connectivity index (χ2n) is 4.25. The Morgan fingerprint density at radius 3 is 2.05 bits per heavy atom. The summed E-state index contributed by atoms with van der Waals surface area (Å²) in [5.74, 6) is 0.102. The first-order chi connectivity index (χ1) is 8.97. The predicted octanol–water partition coefficient (Wildman–Crippen LogP) is 4.80. The summed E-state index contributed by atoms with van der Waals surface area (Å²) in [6.07, 6.45) is 0. The van der Waals surface area contributed by atoms with Gasteiger partial charge in [0.15, 0.2) is 0 Å². The van der Waals surface area contributed by atoms with Crippen molar-refractivity contribution in [2.45, 2.75) is 13.0 Å². The minimum absolute atomic E-state index is 0.0508. The molecule has 2 aromatic carbocycles. The van der Waals surface area contributed by atoms with Gasteiger partial charge in [-0.15, -0.1) is 0 Å². The molecule has 0 saturated carbocycles. The highest BCUT2D eigenvalue weighted by molar-refractivity contribution is 9.11. The lowest BCUT2D eigenvalue weighted by Crippen LogP contribution is -2.07. The Kier molecular flexibility index (Phi) is 4.37. The summed E-state index contributed by atoms with van der Waals surface area (Å²) in [5.41, 5.74) is 1.73. The molecule has 3 N–H and O–H groups in total. The molecular weight excluding hydrogens is 374 g/mol. The smallest absolute Gasteiger partial charge is 0.119 e. The first-order valence-electron chi connectivity index (χ1n) is 5.71. The van der Waals surface area contributed by atoms with Crippen molar-refractivity contribution in [3.63, 3.8) is 0 Å². The van der Waals surface area contributed by atoms with Crippen molar-refractivity contribution < 1.29 is 10.2 Å². The fraction of sp³-hybridized carbons (Fsp3) is 0.143. The Balaban J connectivity index is 2.28. The molecule has 3 nitrogen and oxygen atoms in total. The van der Waals surface area contributed by atoms with Gasteiger partial charge in [-0.3, -0.25) is 0 Å². The second kappa shape index (κ2) is 5.84. The van der Waals surface area contributed by atoms with Crippen LogP contribution in [0.4, 0.5) is 5.69 Å². The van der Waals surface area contributed by atoms with Crippen molar-refractivity contribution in [2.75, 3.05) is 5.32 Å². The molecule has 5 heteroatoms. The molecule has 0 aliphatic rings. The highest BCUT2D eigenvalue weighted by Crippen LogP contribution is 2.34. The van der Waals surface area contributed by atoms with Gasteiger partial charge in [-0.2, -0.15) is 0 Å². The minimum atomic E-state index is -0.0620. The van der Waals surface area contributed by atoms with Crippen LogP contribution in [-0.2, 0) is 0 Å². The van der Waals surface area contributed by atoms with Gasteiger partial charge >= 0.3 is 0 Å². The van der Waals surface area contributed by atoms with E-state index in [4.69, 9.17) is 0 Å². The first kappa shape index (κ1) is 14.2. The number of halogens is 2. The number of phenolic OH excluding ortho intramolecular Hbond substituents is 2. The van der Waals surface area contributed by atoms with Gasteiger partial charge in [0.2, 0.25) is 0 Å². The molecule has 0 fully saturated rings. The third-order valence-corrected chi connectivity index (χ3v) is 4.07. The maximum absolute atomic E-state index is 9.51. The summed E-state index contributed by atoms with van der Waals surface area (Å²) < 4.78 is 1.89. The van der Waals surface area contributed by atoms with E-state index in [0.717, 1.165) is 20.2 Å². The first-order valence-corrected chi connectivity index (χ1v) is 7.29. The predicted molar refractivity (Wildman–Crippen MR) is 83.7 cm³/mol. The SMILES string of the molecule is CC(Nc1c(Br)cccc1Br)c1cc(O)cc(O)c1. The van der Waals surface area contributed by atoms with Gasteiger partial charge in [0.25, 0.3) is 0 Å². The molecule has 0 aromatic heterocycles. The number of hydrogen-bond acceptors (Lipinski definition) is 3.